The molecule has 0 bridgehead atoms. The van der Waals surface area contributed by atoms with Crippen LogP contribution in [-0.4, -0.2) is 9.13 Å². The lowest BCUT2D eigenvalue weighted by Gasteiger charge is -2.21. The van der Waals surface area contributed by atoms with Crippen LogP contribution in [0.2, 0.25) is 0 Å². The number of benzene rings is 8. The summed E-state index contributed by atoms with van der Waals surface area (Å²) in [6, 6.07) is 50.1. The van der Waals surface area contributed by atoms with Crippen LogP contribution in [0.3, 0.4) is 0 Å². The van der Waals surface area contributed by atoms with Gasteiger partial charge in [-0.2, -0.15) is 31.6 Å². The zero-order chi connectivity index (χ0) is 43.1. The first kappa shape index (κ1) is 38.6. The summed E-state index contributed by atoms with van der Waals surface area (Å²) >= 11 is 0. The summed E-state index contributed by atoms with van der Waals surface area (Å²) in [5.74, 6) is 0. The van der Waals surface area contributed by atoms with Gasteiger partial charge in [-0.15, -0.1) is 0 Å². The maximum Gasteiger partial charge on any atom is 0.416 e. The van der Waals surface area contributed by atoms with E-state index in [9.17, 15) is 31.6 Å². The van der Waals surface area contributed by atoms with Crippen molar-refractivity contribution in [3.63, 3.8) is 0 Å². The van der Waals surface area contributed by atoms with Crippen molar-refractivity contribution in [2.24, 2.45) is 0 Å². The number of fused-ring (bicyclic) bond motifs is 6. The van der Waals surface area contributed by atoms with Gasteiger partial charge in [0.05, 0.1) is 50.1 Å². The van der Waals surface area contributed by atoms with E-state index in [-0.39, 0.29) is 28.4 Å². The Kier molecular flexibility index (Phi) is 8.89. The van der Waals surface area contributed by atoms with Crippen LogP contribution < -0.4 is 0 Å². The Labute approximate surface area is 351 Å². The number of nitrogens with zero attached hydrogens (tertiary/aromatic N) is 3. The highest BCUT2D eigenvalue weighted by molar-refractivity contribution is 6.12. The van der Waals surface area contributed by atoms with Gasteiger partial charge in [0.15, 0.2) is 0 Å². The molecular weight excluding hydrogens is 793 g/mol. The van der Waals surface area contributed by atoms with Gasteiger partial charge in [0.2, 0.25) is 0 Å². The Morgan fingerprint density at radius 1 is 0.403 bits per heavy atom. The fourth-order valence-electron chi connectivity index (χ4n) is 8.97. The molecule has 0 spiro atoms. The largest absolute Gasteiger partial charge is 0.416 e. The predicted octanol–water partition coefficient (Wildman–Crippen LogP) is 15.4. The zero-order valence-corrected chi connectivity index (χ0v) is 33.2. The topological polar surface area (TPSA) is 33.6 Å². The quantitative estimate of drug-likeness (QED) is 0.159. The fourth-order valence-corrected chi connectivity index (χ4v) is 8.97. The molecule has 0 saturated carbocycles. The van der Waals surface area contributed by atoms with Crippen molar-refractivity contribution in [1.82, 2.24) is 9.13 Å². The van der Waals surface area contributed by atoms with Crippen molar-refractivity contribution in [2.45, 2.75) is 26.2 Å². The summed E-state index contributed by atoms with van der Waals surface area (Å²) in [7, 11) is 0. The monoisotopic (exact) mass is 825 g/mol. The highest BCUT2D eigenvalue weighted by Crippen LogP contribution is 2.45. The minimum atomic E-state index is -5.10. The molecule has 0 amide bonds. The Hall–Kier alpha value is -7.57. The average molecular weight is 826 g/mol. The molecule has 0 N–H and O–H groups in total. The maximum atomic E-state index is 14.6. The summed E-state index contributed by atoms with van der Waals surface area (Å²) in [4.78, 5) is 0. The minimum absolute atomic E-state index is 0.0699. The van der Waals surface area contributed by atoms with E-state index in [2.05, 4.69) is 6.07 Å². The molecule has 10 rings (SSSR count). The molecule has 3 nitrogen and oxygen atoms in total. The Morgan fingerprint density at radius 2 is 0.839 bits per heavy atom. The molecule has 0 aliphatic carbocycles. The molecule has 9 heteroatoms. The molecule has 2 heterocycles. The lowest BCUT2D eigenvalue weighted by Crippen LogP contribution is -2.11. The molecule has 0 saturated heterocycles. The first-order valence-electron chi connectivity index (χ1n) is 19.9. The summed E-state index contributed by atoms with van der Waals surface area (Å²) in [5, 5.41) is 14.4. The number of aromatic nitrogens is 2. The first-order valence-corrected chi connectivity index (χ1v) is 19.9. The number of nitriles is 1. The van der Waals surface area contributed by atoms with E-state index in [0.717, 1.165) is 67.1 Å². The van der Waals surface area contributed by atoms with Crippen LogP contribution >= 0.6 is 0 Å². The fraction of sp³-hybridized carbons (Fsp3) is 0.0755. The van der Waals surface area contributed by atoms with Crippen molar-refractivity contribution in [2.75, 3.05) is 0 Å². The van der Waals surface area contributed by atoms with Gasteiger partial charge < -0.3 is 9.13 Å². The summed E-state index contributed by atoms with van der Waals surface area (Å²) in [6.45, 7) is 4.01. The lowest BCUT2D eigenvalue weighted by molar-refractivity contribution is -0.143. The van der Waals surface area contributed by atoms with Gasteiger partial charge in [-0.25, -0.2) is 0 Å². The van der Waals surface area contributed by atoms with E-state index in [1.165, 1.54) is 0 Å². The van der Waals surface area contributed by atoms with E-state index in [4.69, 9.17) is 0 Å². The van der Waals surface area contributed by atoms with Crippen LogP contribution in [-0.2, 0) is 12.4 Å². The molecule has 0 aliphatic rings. The van der Waals surface area contributed by atoms with Crippen LogP contribution in [0.1, 0.15) is 27.8 Å². The van der Waals surface area contributed by atoms with Gasteiger partial charge in [0, 0.05) is 27.1 Å². The molecule has 2 aromatic heterocycles. The van der Waals surface area contributed by atoms with Crippen LogP contribution in [0.4, 0.5) is 26.3 Å². The lowest BCUT2D eigenvalue weighted by atomic mass is 9.95. The number of hydrogen-bond acceptors (Lipinski definition) is 1. The number of hydrogen-bond donors (Lipinski definition) is 0. The number of para-hydroxylation sites is 2. The van der Waals surface area contributed by atoms with E-state index in [1.807, 2.05) is 156 Å². The zero-order valence-electron chi connectivity index (χ0n) is 33.2. The molecule has 8 aromatic carbocycles. The Morgan fingerprint density at radius 3 is 1.31 bits per heavy atom. The molecule has 0 aliphatic heterocycles. The maximum absolute atomic E-state index is 14.6. The van der Waals surface area contributed by atoms with Crippen LogP contribution in [0.25, 0.3) is 88.4 Å². The van der Waals surface area contributed by atoms with E-state index in [1.54, 1.807) is 12.1 Å². The molecule has 62 heavy (non-hydrogen) atoms. The Bertz CT molecular complexity index is 3450. The number of alkyl halides is 6. The van der Waals surface area contributed by atoms with Gasteiger partial charge in [-0.3, -0.25) is 0 Å². The SMILES string of the molecule is Cc1ccccc1-c1ccc2c3ccccc3n(-c3cc(-c4cc(C(F)(F)F)cc(C(F)(F)F)c4)c(-n4c5ccccc5c5ccc(-c6ccccc6C)cc54)cc3C#N)c2c1. The van der Waals surface area contributed by atoms with Gasteiger partial charge >= 0.3 is 12.4 Å². The highest BCUT2D eigenvalue weighted by atomic mass is 19.4. The molecular formula is C53H33F6N3. The average Bonchev–Trinajstić information content (AvgIpc) is 3.77. The van der Waals surface area contributed by atoms with Crippen molar-refractivity contribution in [3.8, 4) is 50.8 Å². The van der Waals surface area contributed by atoms with Gasteiger partial charge in [-0.05, 0) is 107 Å². The molecule has 0 fully saturated rings. The van der Waals surface area contributed by atoms with Gasteiger partial charge in [0.25, 0.3) is 0 Å². The highest BCUT2D eigenvalue weighted by Gasteiger charge is 2.37. The van der Waals surface area contributed by atoms with Crippen molar-refractivity contribution in [3.05, 3.63) is 192 Å². The van der Waals surface area contributed by atoms with Gasteiger partial charge in [0.1, 0.15) is 6.07 Å². The summed E-state index contributed by atoms with van der Waals surface area (Å²) in [6.07, 6.45) is -10.2. The molecule has 10 aromatic rings. The minimum Gasteiger partial charge on any atom is -0.309 e. The number of rotatable bonds is 5. The standard InChI is InChI=1S/C53H33F6N3/c1-31-11-3-5-13-39(31)33-19-21-43-41-15-7-9-17-46(41)61(49(43)25-33)48-29-45(35-23-37(52(54,55)56)28-38(24-35)53(57,58)59)51(27-36(48)30-60)62-47-18-10-8-16-42(47)44-22-20-34(26-50(44)62)40-14-6-4-12-32(40)2/h3-29H,1-2H3. The second kappa shape index (κ2) is 14.3. The van der Waals surface area contributed by atoms with E-state index < -0.39 is 23.5 Å². The number of aryl methyl sites for hydroxylation is 2. The number of halogens is 6. The molecule has 302 valence electrons. The van der Waals surface area contributed by atoms with Crippen molar-refractivity contribution < 1.29 is 26.3 Å². The Balaban J connectivity index is 1.36. The first-order chi connectivity index (χ1) is 29.8. The molecule has 0 atom stereocenters. The van der Waals surface area contributed by atoms with Gasteiger partial charge in [-0.1, -0.05) is 109 Å². The van der Waals surface area contributed by atoms with E-state index >= 15 is 0 Å². The second-order valence-corrected chi connectivity index (χ2v) is 15.6. The predicted molar refractivity (Wildman–Crippen MR) is 236 cm³/mol. The van der Waals surface area contributed by atoms with Crippen molar-refractivity contribution >= 4 is 43.6 Å². The van der Waals surface area contributed by atoms with Crippen LogP contribution in [0, 0.1) is 25.2 Å². The smallest absolute Gasteiger partial charge is 0.309 e. The van der Waals surface area contributed by atoms with Crippen molar-refractivity contribution in [1.29, 1.82) is 5.26 Å². The normalized spacial score (nSPS) is 12.2. The third-order valence-electron chi connectivity index (χ3n) is 11.9. The van der Waals surface area contributed by atoms with Crippen LogP contribution in [0.5, 0.6) is 0 Å². The third-order valence-corrected chi connectivity index (χ3v) is 11.9. The molecule has 0 unspecified atom stereocenters. The summed E-state index contributed by atoms with van der Waals surface area (Å²) < 4.78 is 91.6. The second-order valence-electron chi connectivity index (χ2n) is 15.6. The summed E-state index contributed by atoms with van der Waals surface area (Å²) in [5.41, 5.74) is 6.10. The molecule has 0 radical (unpaired) electrons. The van der Waals surface area contributed by atoms with E-state index in [0.29, 0.717) is 27.8 Å². The van der Waals surface area contributed by atoms with Crippen LogP contribution in [0.15, 0.2) is 164 Å². The third kappa shape index (κ3) is 6.29.